The molecule has 0 aliphatic heterocycles. The lowest BCUT2D eigenvalue weighted by molar-refractivity contribution is 0.246. The average Bonchev–Trinajstić information content (AvgIpc) is 2.54. The molecule has 0 bridgehead atoms. The predicted octanol–water partition coefficient (Wildman–Crippen LogP) is 2.87. The van der Waals surface area contributed by atoms with Crippen LogP contribution in [0.1, 0.15) is 6.42 Å². The molecular formula is C17H21NO3. The number of hydrogen-bond donors (Lipinski definition) is 1. The smallest absolute Gasteiger partial charge is 0.123 e. The Labute approximate surface area is 125 Å². The number of hydrogen-bond acceptors (Lipinski definition) is 4. The molecule has 0 saturated heterocycles. The van der Waals surface area contributed by atoms with E-state index in [1.54, 1.807) is 0 Å². The molecule has 2 aromatic rings. The van der Waals surface area contributed by atoms with Crippen molar-refractivity contribution in [1.82, 2.24) is 0 Å². The molecule has 2 aromatic carbocycles. The van der Waals surface area contributed by atoms with E-state index in [9.17, 15) is 0 Å². The van der Waals surface area contributed by atoms with E-state index in [-0.39, 0.29) is 0 Å². The average molecular weight is 287 g/mol. The van der Waals surface area contributed by atoms with E-state index in [0.29, 0.717) is 26.4 Å². The van der Waals surface area contributed by atoms with Crippen LogP contribution in [0, 0.1) is 0 Å². The van der Waals surface area contributed by atoms with E-state index in [1.807, 2.05) is 54.6 Å². The van der Waals surface area contributed by atoms with Gasteiger partial charge < -0.3 is 19.9 Å². The van der Waals surface area contributed by atoms with Crippen LogP contribution in [0.2, 0.25) is 0 Å². The van der Waals surface area contributed by atoms with Gasteiger partial charge in [-0.2, -0.15) is 0 Å². The summed E-state index contributed by atoms with van der Waals surface area (Å²) in [5.41, 5.74) is 5.41. The lowest BCUT2D eigenvalue weighted by Crippen LogP contribution is -2.10. The molecule has 4 heteroatoms. The molecule has 0 saturated carbocycles. The van der Waals surface area contributed by atoms with Gasteiger partial charge >= 0.3 is 0 Å². The zero-order chi connectivity index (χ0) is 14.8. The lowest BCUT2D eigenvalue weighted by Gasteiger charge is -2.09. The molecule has 0 unspecified atom stereocenters. The first-order valence-corrected chi connectivity index (χ1v) is 7.12. The van der Waals surface area contributed by atoms with Gasteiger partial charge in [-0.3, -0.25) is 0 Å². The van der Waals surface area contributed by atoms with E-state index in [0.717, 1.165) is 23.7 Å². The molecule has 0 atom stereocenters. The van der Waals surface area contributed by atoms with Crippen molar-refractivity contribution >= 4 is 0 Å². The second kappa shape index (κ2) is 8.87. The van der Waals surface area contributed by atoms with Crippen LogP contribution in [0.25, 0.3) is 0 Å². The van der Waals surface area contributed by atoms with Gasteiger partial charge in [0.05, 0.1) is 13.2 Å². The monoisotopic (exact) mass is 287 g/mol. The summed E-state index contributed by atoms with van der Waals surface area (Å²) < 4.78 is 16.7. The highest BCUT2D eigenvalue weighted by Crippen LogP contribution is 2.19. The molecule has 0 radical (unpaired) electrons. The summed E-state index contributed by atoms with van der Waals surface area (Å²) >= 11 is 0. The van der Waals surface area contributed by atoms with Crippen molar-refractivity contribution in [3.8, 4) is 17.2 Å². The second-order valence-corrected chi connectivity index (χ2v) is 4.48. The fourth-order valence-electron chi connectivity index (χ4n) is 1.79. The molecule has 0 amide bonds. The summed E-state index contributed by atoms with van der Waals surface area (Å²) in [6, 6.07) is 17.3. The van der Waals surface area contributed by atoms with Crippen LogP contribution < -0.4 is 19.9 Å². The summed E-state index contributed by atoms with van der Waals surface area (Å²) in [6.45, 7) is 2.25. The molecule has 0 aromatic heterocycles. The van der Waals surface area contributed by atoms with Crippen LogP contribution in [-0.4, -0.2) is 26.4 Å². The molecule has 4 nitrogen and oxygen atoms in total. The van der Waals surface area contributed by atoms with Crippen molar-refractivity contribution in [2.24, 2.45) is 5.73 Å². The zero-order valence-corrected chi connectivity index (χ0v) is 12.0. The maximum Gasteiger partial charge on any atom is 0.123 e. The third kappa shape index (κ3) is 5.75. The van der Waals surface area contributed by atoms with Gasteiger partial charge in [0.15, 0.2) is 0 Å². The summed E-state index contributed by atoms with van der Waals surface area (Å²) in [7, 11) is 0. The van der Waals surface area contributed by atoms with E-state index >= 15 is 0 Å². The summed E-state index contributed by atoms with van der Waals surface area (Å²) in [4.78, 5) is 0. The van der Waals surface area contributed by atoms with E-state index in [4.69, 9.17) is 19.9 Å². The Bertz CT molecular complexity index is 516. The first-order chi connectivity index (χ1) is 10.4. The van der Waals surface area contributed by atoms with Gasteiger partial charge in [-0.25, -0.2) is 0 Å². The standard InChI is InChI=1S/C17H21NO3/c18-10-13-21-17-9-4-8-16(14-17)20-12-5-11-19-15-6-2-1-3-7-15/h1-4,6-9,14H,5,10-13,18H2. The van der Waals surface area contributed by atoms with Gasteiger partial charge in [0, 0.05) is 19.0 Å². The van der Waals surface area contributed by atoms with Gasteiger partial charge in [0.1, 0.15) is 23.9 Å². The first-order valence-electron chi connectivity index (χ1n) is 7.12. The fourth-order valence-corrected chi connectivity index (χ4v) is 1.79. The van der Waals surface area contributed by atoms with Crippen molar-refractivity contribution in [3.63, 3.8) is 0 Å². The van der Waals surface area contributed by atoms with Gasteiger partial charge in [0.2, 0.25) is 0 Å². The largest absolute Gasteiger partial charge is 0.493 e. The molecular weight excluding hydrogens is 266 g/mol. The third-order valence-electron chi connectivity index (χ3n) is 2.76. The summed E-state index contributed by atoms with van der Waals surface area (Å²) in [5, 5.41) is 0. The minimum atomic E-state index is 0.502. The summed E-state index contributed by atoms with van der Waals surface area (Å²) in [5.74, 6) is 2.46. The molecule has 0 aliphatic carbocycles. The minimum absolute atomic E-state index is 0.502. The van der Waals surface area contributed by atoms with Crippen LogP contribution in [0.15, 0.2) is 54.6 Å². The first kappa shape index (κ1) is 15.2. The fraction of sp³-hybridized carbons (Fsp3) is 0.294. The molecule has 0 fully saturated rings. The highest BCUT2D eigenvalue weighted by atomic mass is 16.5. The van der Waals surface area contributed by atoms with Crippen molar-refractivity contribution in [2.45, 2.75) is 6.42 Å². The Morgan fingerprint density at radius 1 is 0.667 bits per heavy atom. The lowest BCUT2D eigenvalue weighted by atomic mass is 10.3. The quantitative estimate of drug-likeness (QED) is 0.721. The van der Waals surface area contributed by atoms with Crippen LogP contribution in [0.4, 0.5) is 0 Å². The second-order valence-electron chi connectivity index (χ2n) is 4.48. The predicted molar refractivity (Wildman–Crippen MR) is 83.0 cm³/mol. The van der Waals surface area contributed by atoms with Gasteiger partial charge in [-0.15, -0.1) is 0 Å². The van der Waals surface area contributed by atoms with Gasteiger partial charge in [0.25, 0.3) is 0 Å². The Morgan fingerprint density at radius 2 is 1.24 bits per heavy atom. The molecule has 0 heterocycles. The highest BCUT2D eigenvalue weighted by molar-refractivity contribution is 5.32. The molecule has 2 N–H and O–H groups in total. The van der Waals surface area contributed by atoms with Crippen LogP contribution in [-0.2, 0) is 0 Å². The maximum absolute atomic E-state index is 5.67. The maximum atomic E-state index is 5.67. The highest BCUT2D eigenvalue weighted by Gasteiger charge is 1.98. The Kier molecular flexibility index (Phi) is 6.42. The number of para-hydroxylation sites is 1. The summed E-state index contributed by atoms with van der Waals surface area (Å²) in [6.07, 6.45) is 0.822. The third-order valence-corrected chi connectivity index (χ3v) is 2.76. The van der Waals surface area contributed by atoms with E-state index in [2.05, 4.69) is 0 Å². The molecule has 0 spiro atoms. The number of ether oxygens (including phenoxy) is 3. The Hall–Kier alpha value is -2.20. The minimum Gasteiger partial charge on any atom is -0.493 e. The number of nitrogens with two attached hydrogens (primary N) is 1. The van der Waals surface area contributed by atoms with E-state index in [1.165, 1.54) is 0 Å². The van der Waals surface area contributed by atoms with Crippen molar-refractivity contribution in [3.05, 3.63) is 54.6 Å². The Balaban J connectivity index is 1.66. The number of rotatable bonds is 9. The normalized spacial score (nSPS) is 10.1. The van der Waals surface area contributed by atoms with Crippen LogP contribution in [0.5, 0.6) is 17.2 Å². The van der Waals surface area contributed by atoms with Crippen molar-refractivity contribution < 1.29 is 14.2 Å². The van der Waals surface area contributed by atoms with Crippen LogP contribution in [0.3, 0.4) is 0 Å². The molecule has 112 valence electrons. The van der Waals surface area contributed by atoms with Crippen LogP contribution >= 0.6 is 0 Å². The SMILES string of the molecule is NCCOc1cccc(OCCCOc2ccccc2)c1. The molecule has 2 rings (SSSR count). The number of benzene rings is 2. The van der Waals surface area contributed by atoms with E-state index < -0.39 is 0 Å². The Morgan fingerprint density at radius 3 is 1.90 bits per heavy atom. The van der Waals surface area contributed by atoms with Crippen molar-refractivity contribution in [2.75, 3.05) is 26.4 Å². The molecule has 0 aliphatic rings. The zero-order valence-electron chi connectivity index (χ0n) is 12.0. The molecule has 21 heavy (non-hydrogen) atoms. The topological polar surface area (TPSA) is 53.7 Å². The van der Waals surface area contributed by atoms with Crippen molar-refractivity contribution in [1.29, 1.82) is 0 Å². The van der Waals surface area contributed by atoms with Gasteiger partial charge in [-0.1, -0.05) is 24.3 Å². The van der Waals surface area contributed by atoms with Gasteiger partial charge in [-0.05, 0) is 24.3 Å².